The Morgan fingerprint density at radius 2 is 2.05 bits per heavy atom. The maximum atomic E-state index is 13.5. The number of amides is 1. The predicted molar refractivity (Wildman–Crippen MR) is 70.2 cm³/mol. The van der Waals surface area contributed by atoms with Gasteiger partial charge in [0.25, 0.3) is 5.91 Å². The Morgan fingerprint density at radius 3 is 2.67 bits per heavy atom. The largest absolute Gasteiger partial charge is 0.432 e. The van der Waals surface area contributed by atoms with Crippen molar-refractivity contribution in [1.29, 1.82) is 0 Å². The Labute approximate surface area is 122 Å². The Morgan fingerprint density at radius 1 is 1.29 bits per heavy atom. The van der Waals surface area contributed by atoms with Gasteiger partial charge >= 0.3 is 6.61 Å². The van der Waals surface area contributed by atoms with Gasteiger partial charge in [-0.3, -0.25) is 9.78 Å². The van der Waals surface area contributed by atoms with Gasteiger partial charge in [0.2, 0.25) is 0 Å². The zero-order chi connectivity index (χ0) is 15.4. The fourth-order valence-electron chi connectivity index (χ4n) is 1.49. The van der Waals surface area contributed by atoms with Crippen LogP contribution in [0.3, 0.4) is 0 Å². The van der Waals surface area contributed by atoms with Gasteiger partial charge in [-0.2, -0.15) is 8.78 Å². The summed E-state index contributed by atoms with van der Waals surface area (Å²) in [6.07, 6.45) is 1.34. The molecule has 0 saturated heterocycles. The molecule has 2 aromatic rings. The number of aromatic nitrogens is 1. The minimum Gasteiger partial charge on any atom is -0.432 e. The van der Waals surface area contributed by atoms with Gasteiger partial charge < -0.3 is 10.1 Å². The van der Waals surface area contributed by atoms with Gasteiger partial charge in [-0.1, -0.05) is 11.6 Å². The molecule has 4 nitrogen and oxygen atoms in total. The molecule has 1 aromatic heterocycles. The van der Waals surface area contributed by atoms with Crippen LogP contribution in [0.5, 0.6) is 5.75 Å². The first-order chi connectivity index (χ1) is 9.95. The quantitative estimate of drug-likeness (QED) is 0.935. The van der Waals surface area contributed by atoms with E-state index in [1.54, 1.807) is 0 Å². The van der Waals surface area contributed by atoms with Gasteiger partial charge in [-0.25, -0.2) is 4.39 Å². The van der Waals surface area contributed by atoms with Crippen molar-refractivity contribution in [2.24, 2.45) is 0 Å². The molecule has 110 valence electrons. The lowest BCUT2D eigenvalue weighted by Gasteiger charge is -2.08. The third-order valence-electron chi connectivity index (χ3n) is 2.36. The number of benzene rings is 1. The summed E-state index contributed by atoms with van der Waals surface area (Å²) in [6, 6.07) is 5.90. The Hall–Kier alpha value is -2.28. The second-order valence-electron chi connectivity index (χ2n) is 3.84. The molecule has 0 aliphatic carbocycles. The first-order valence-corrected chi connectivity index (χ1v) is 6.01. The number of nitrogens with zero attached hydrogens (tertiary/aromatic N) is 1. The van der Waals surface area contributed by atoms with Gasteiger partial charge in [0.15, 0.2) is 11.6 Å². The molecule has 0 aliphatic heterocycles. The van der Waals surface area contributed by atoms with Gasteiger partial charge in [0, 0.05) is 23.0 Å². The molecule has 0 fully saturated rings. The van der Waals surface area contributed by atoms with Crippen molar-refractivity contribution in [3.05, 3.63) is 53.1 Å². The molecule has 0 saturated carbocycles. The van der Waals surface area contributed by atoms with E-state index >= 15 is 0 Å². The minimum absolute atomic E-state index is 0.0378. The lowest BCUT2D eigenvalue weighted by atomic mass is 10.2. The zero-order valence-corrected chi connectivity index (χ0v) is 11.1. The number of carbonyl (C=O) groups excluding carboxylic acids is 1. The van der Waals surface area contributed by atoms with E-state index in [2.05, 4.69) is 15.0 Å². The number of pyridine rings is 1. The number of alkyl halides is 2. The van der Waals surface area contributed by atoms with Crippen LogP contribution >= 0.6 is 11.6 Å². The topological polar surface area (TPSA) is 51.2 Å². The molecule has 0 aliphatic rings. The summed E-state index contributed by atoms with van der Waals surface area (Å²) < 4.78 is 41.4. The molecular weight excluding hydrogens is 309 g/mol. The Balaban J connectivity index is 2.13. The minimum atomic E-state index is -3.13. The van der Waals surface area contributed by atoms with Crippen LogP contribution in [0, 0.1) is 5.82 Å². The third-order valence-corrected chi connectivity index (χ3v) is 2.60. The SMILES string of the molecule is O=C(Nc1ccc(OC(F)F)c(F)c1)c1cc(Cl)ccn1. The first kappa shape index (κ1) is 15.1. The predicted octanol–water partition coefficient (Wildman–Crippen LogP) is 3.73. The Bertz CT molecular complexity index is 668. The third kappa shape index (κ3) is 4.09. The second-order valence-corrected chi connectivity index (χ2v) is 4.27. The Kier molecular flexibility index (Phi) is 4.64. The normalized spacial score (nSPS) is 10.5. The summed E-state index contributed by atoms with van der Waals surface area (Å²) in [6.45, 7) is -3.13. The number of carbonyl (C=O) groups is 1. The molecule has 0 spiro atoms. The number of anilines is 1. The number of hydrogen-bond donors (Lipinski definition) is 1. The van der Waals surface area contributed by atoms with Crippen molar-refractivity contribution in [1.82, 2.24) is 4.98 Å². The highest BCUT2D eigenvalue weighted by molar-refractivity contribution is 6.30. The molecule has 0 unspecified atom stereocenters. The summed E-state index contributed by atoms with van der Waals surface area (Å²) in [4.78, 5) is 15.6. The fourth-order valence-corrected chi connectivity index (χ4v) is 1.65. The molecule has 1 heterocycles. The highest BCUT2D eigenvalue weighted by Gasteiger charge is 2.13. The number of nitrogens with one attached hydrogen (secondary N) is 1. The summed E-state index contributed by atoms with van der Waals surface area (Å²) in [5, 5.41) is 2.68. The lowest BCUT2D eigenvalue weighted by molar-refractivity contribution is -0.0521. The maximum Gasteiger partial charge on any atom is 0.387 e. The van der Waals surface area contributed by atoms with E-state index in [1.165, 1.54) is 24.4 Å². The zero-order valence-electron chi connectivity index (χ0n) is 10.3. The van der Waals surface area contributed by atoms with Crippen molar-refractivity contribution in [3.8, 4) is 5.75 Å². The first-order valence-electron chi connectivity index (χ1n) is 5.63. The van der Waals surface area contributed by atoms with Crippen LogP contribution in [0.4, 0.5) is 18.9 Å². The summed E-state index contributed by atoms with van der Waals surface area (Å²) in [5.74, 6) is -2.24. The van der Waals surface area contributed by atoms with Crippen molar-refractivity contribution in [2.45, 2.75) is 6.61 Å². The second kappa shape index (κ2) is 6.45. The smallest absolute Gasteiger partial charge is 0.387 e. The summed E-state index contributed by atoms with van der Waals surface area (Å²) >= 11 is 5.72. The van der Waals surface area contributed by atoms with Gasteiger partial charge in [-0.15, -0.1) is 0 Å². The molecule has 0 bridgehead atoms. The van der Waals surface area contributed by atoms with Crippen molar-refractivity contribution >= 4 is 23.2 Å². The molecule has 2 rings (SSSR count). The molecule has 8 heteroatoms. The molecule has 1 N–H and O–H groups in total. The van der Waals surface area contributed by atoms with Gasteiger partial charge in [0.1, 0.15) is 5.69 Å². The fraction of sp³-hybridized carbons (Fsp3) is 0.0769. The lowest BCUT2D eigenvalue weighted by Crippen LogP contribution is -2.13. The van der Waals surface area contributed by atoms with Crippen LogP contribution in [-0.2, 0) is 0 Å². The average molecular weight is 317 g/mol. The van der Waals surface area contributed by atoms with E-state index in [1.807, 2.05) is 0 Å². The molecule has 0 radical (unpaired) electrons. The van der Waals surface area contributed by atoms with E-state index in [-0.39, 0.29) is 11.4 Å². The molecular formula is C13H8ClF3N2O2. The maximum absolute atomic E-state index is 13.5. The van der Waals surface area contributed by atoms with E-state index in [9.17, 15) is 18.0 Å². The van der Waals surface area contributed by atoms with E-state index < -0.39 is 24.1 Å². The van der Waals surface area contributed by atoms with Crippen molar-refractivity contribution < 1.29 is 22.7 Å². The van der Waals surface area contributed by atoms with Crippen LogP contribution < -0.4 is 10.1 Å². The summed E-state index contributed by atoms with van der Waals surface area (Å²) in [5.41, 5.74) is 0.108. The van der Waals surface area contributed by atoms with Gasteiger partial charge in [0.05, 0.1) is 0 Å². The number of halogens is 4. The number of ether oxygens (including phenoxy) is 1. The average Bonchev–Trinajstić information content (AvgIpc) is 2.41. The molecule has 1 aromatic carbocycles. The van der Waals surface area contributed by atoms with Gasteiger partial charge in [-0.05, 0) is 24.3 Å². The molecule has 1 amide bonds. The standard InChI is InChI=1S/C13H8ClF3N2O2/c14-7-3-4-18-10(5-7)12(20)19-8-1-2-11(9(15)6-8)21-13(16)17/h1-6,13H,(H,19,20). The van der Waals surface area contributed by atoms with Crippen LogP contribution in [0.2, 0.25) is 5.02 Å². The number of hydrogen-bond acceptors (Lipinski definition) is 3. The van der Waals surface area contributed by atoms with E-state index in [0.717, 1.165) is 12.1 Å². The van der Waals surface area contributed by atoms with Crippen molar-refractivity contribution in [3.63, 3.8) is 0 Å². The van der Waals surface area contributed by atoms with Crippen molar-refractivity contribution in [2.75, 3.05) is 5.32 Å². The molecule has 0 atom stereocenters. The van der Waals surface area contributed by atoms with E-state index in [4.69, 9.17) is 11.6 Å². The van der Waals surface area contributed by atoms with Crippen LogP contribution in [0.1, 0.15) is 10.5 Å². The van der Waals surface area contributed by atoms with Crippen LogP contribution in [-0.4, -0.2) is 17.5 Å². The van der Waals surface area contributed by atoms with Crippen LogP contribution in [0.15, 0.2) is 36.5 Å². The highest BCUT2D eigenvalue weighted by Crippen LogP contribution is 2.23. The molecule has 21 heavy (non-hydrogen) atoms. The van der Waals surface area contributed by atoms with E-state index in [0.29, 0.717) is 5.02 Å². The highest BCUT2D eigenvalue weighted by atomic mass is 35.5. The number of rotatable bonds is 4. The monoisotopic (exact) mass is 316 g/mol. The summed E-state index contributed by atoms with van der Waals surface area (Å²) in [7, 11) is 0. The van der Waals surface area contributed by atoms with Crippen LogP contribution in [0.25, 0.3) is 0 Å².